The Morgan fingerprint density at radius 3 is 0.960 bits per heavy atom. The molecule has 0 amide bonds. The summed E-state index contributed by atoms with van der Waals surface area (Å²) in [6.45, 7) is 0. The van der Waals surface area contributed by atoms with Gasteiger partial charge >= 0.3 is 0 Å². The molecule has 0 fully saturated rings. The normalized spacial score (nSPS) is 14.9. The Labute approximate surface area is 291 Å². The lowest BCUT2D eigenvalue weighted by molar-refractivity contribution is 0.160. The molecule has 0 saturated carbocycles. The Kier molecular flexibility index (Phi) is 7.72. The first-order chi connectivity index (χ1) is 24.5. The van der Waals surface area contributed by atoms with Crippen LogP contribution in [0, 0.1) is 0 Å². The number of rotatable bonds is 8. The van der Waals surface area contributed by atoms with Gasteiger partial charge in [-0.2, -0.15) is 0 Å². The monoisotopic (exact) mass is 660 g/mol. The summed E-state index contributed by atoms with van der Waals surface area (Å²) >= 11 is 0. The van der Waals surface area contributed by atoms with Crippen LogP contribution < -0.4 is 28.4 Å². The Morgan fingerprint density at radius 2 is 0.680 bits per heavy atom. The van der Waals surface area contributed by atoms with Gasteiger partial charge in [0.2, 0.25) is 0 Å². The van der Waals surface area contributed by atoms with Crippen molar-refractivity contribution in [1.29, 1.82) is 0 Å². The molecule has 248 valence electrons. The molecular formula is C44H36O6. The number of hydrogen-bond acceptors (Lipinski definition) is 6. The first-order valence-electron chi connectivity index (χ1n) is 16.4. The minimum atomic E-state index is -0.877. The quantitative estimate of drug-likeness (QED) is 0.162. The van der Waals surface area contributed by atoms with Gasteiger partial charge in [-0.25, -0.2) is 0 Å². The summed E-state index contributed by atoms with van der Waals surface area (Å²) in [4.78, 5) is 0. The minimum Gasteiger partial charge on any atom is -0.497 e. The van der Waals surface area contributed by atoms with E-state index in [9.17, 15) is 0 Å². The highest BCUT2D eigenvalue weighted by molar-refractivity contribution is 6.02. The Hall–Kier alpha value is -6.14. The van der Waals surface area contributed by atoms with Gasteiger partial charge in [-0.1, -0.05) is 60.7 Å². The average Bonchev–Trinajstić information content (AvgIpc) is 3.20. The molecular weight excluding hydrogens is 624 g/mol. The molecule has 6 nitrogen and oxygen atoms in total. The zero-order chi connectivity index (χ0) is 34.3. The third-order valence-corrected chi connectivity index (χ3v) is 9.77. The highest BCUT2D eigenvalue weighted by atomic mass is 16.5. The predicted octanol–water partition coefficient (Wildman–Crippen LogP) is 9.57. The number of fused-ring (bicyclic) bond motifs is 5. The van der Waals surface area contributed by atoms with Crippen LogP contribution in [0.4, 0.5) is 0 Å². The molecule has 50 heavy (non-hydrogen) atoms. The van der Waals surface area contributed by atoms with E-state index in [1.807, 2.05) is 48.5 Å². The molecule has 0 unspecified atom stereocenters. The highest BCUT2D eigenvalue weighted by Crippen LogP contribution is 2.49. The Bertz CT molecular complexity index is 1980. The van der Waals surface area contributed by atoms with Gasteiger partial charge in [-0.15, -0.1) is 0 Å². The smallest absolute Gasteiger partial charge is 0.178 e. The second-order valence-corrected chi connectivity index (χ2v) is 12.3. The summed E-state index contributed by atoms with van der Waals surface area (Å²) in [5.41, 5.74) is 4.15. The lowest BCUT2D eigenvalue weighted by Crippen LogP contribution is -2.35. The van der Waals surface area contributed by atoms with E-state index < -0.39 is 11.2 Å². The molecule has 2 aliphatic rings. The van der Waals surface area contributed by atoms with Crippen LogP contribution in [0.15, 0.2) is 133 Å². The summed E-state index contributed by atoms with van der Waals surface area (Å²) in [5, 5.41) is 2.15. The second-order valence-electron chi connectivity index (χ2n) is 12.3. The van der Waals surface area contributed by atoms with Crippen LogP contribution in [0.3, 0.4) is 0 Å². The number of hydrogen-bond donors (Lipinski definition) is 0. The Morgan fingerprint density at radius 1 is 0.380 bits per heavy atom. The van der Waals surface area contributed by atoms with E-state index in [0.29, 0.717) is 0 Å². The van der Waals surface area contributed by atoms with Gasteiger partial charge < -0.3 is 28.4 Å². The van der Waals surface area contributed by atoms with Gasteiger partial charge in [0, 0.05) is 38.8 Å². The van der Waals surface area contributed by atoms with Crippen LogP contribution in [0.2, 0.25) is 0 Å². The van der Waals surface area contributed by atoms with Gasteiger partial charge in [-0.05, 0) is 90.4 Å². The average molecular weight is 661 g/mol. The van der Waals surface area contributed by atoms with Crippen LogP contribution >= 0.6 is 0 Å². The maximum absolute atomic E-state index is 7.10. The predicted molar refractivity (Wildman–Crippen MR) is 197 cm³/mol. The molecule has 0 bridgehead atoms. The van der Waals surface area contributed by atoms with E-state index in [4.69, 9.17) is 28.4 Å². The van der Waals surface area contributed by atoms with Crippen LogP contribution in [0.25, 0.3) is 22.9 Å². The minimum absolute atomic E-state index is 0.774. The van der Waals surface area contributed by atoms with Crippen molar-refractivity contribution in [2.45, 2.75) is 11.2 Å². The van der Waals surface area contributed by atoms with E-state index in [2.05, 4.69) is 97.1 Å². The van der Waals surface area contributed by atoms with E-state index in [-0.39, 0.29) is 0 Å². The zero-order valence-electron chi connectivity index (χ0n) is 28.3. The molecule has 0 N–H and O–H groups in total. The molecule has 2 heterocycles. The summed E-state index contributed by atoms with van der Waals surface area (Å²) < 4.78 is 36.1. The van der Waals surface area contributed by atoms with E-state index in [1.165, 1.54) is 0 Å². The molecule has 0 spiro atoms. The van der Waals surface area contributed by atoms with Crippen LogP contribution in [0.5, 0.6) is 34.5 Å². The van der Waals surface area contributed by atoms with E-state index >= 15 is 0 Å². The maximum atomic E-state index is 7.10. The lowest BCUT2D eigenvalue weighted by atomic mass is 9.81. The molecule has 0 radical (unpaired) electrons. The molecule has 2 aliphatic heterocycles. The summed E-state index contributed by atoms with van der Waals surface area (Å²) in [6, 6.07) is 40.5. The fraction of sp³-hybridized carbons (Fsp3) is 0.136. The number of benzene rings is 6. The third-order valence-electron chi connectivity index (χ3n) is 9.77. The topological polar surface area (TPSA) is 55.4 Å². The van der Waals surface area contributed by atoms with Crippen molar-refractivity contribution in [2.24, 2.45) is 0 Å². The number of ether oxygens (including phenoxy) is 6. The van der Waals surface area contributed by atoms with Crippen molar-refractivity contribution in [2.75, 3.05) is 28.4 Å². The van der Waals surface area contributed by atoms with Gasteiger partial charge in [0.05, 0.1) is 28.4 Å². The number of methoxy groups -OCH3 is 4. The molecule has 6 aromatic carbocycles. The summed E-state index contributed by atoms with van der Waals surface area (Å²) in [7, 11) is 6.68. The zero-order valence-corrected chi connectivity index (χ0v) is 28.3. The van der Waals surface area contributed by atoms with Crippen LogP contribution in [0.1, 0.15) is 33.4 Å². The first kappa shape index (κ1) is 31.1. The fourth-order valence-corrected chi connectivity index (χ4v) is 7.07. The van der Waals surface area contributed by atoms with Crippen molar-refractivity contribution in [1.82, 2.24) is 0 Å². The standard InChI is InChI=1S/C44H36O6/c1-45-34-15-7-30(8-16-34)43(31-9-17-35(46-2)18-10-31)27-25-38-40(49-43)23-5-29-6-24-41-39(42(29)38)26-28-44(50-41,32-11-19-36(47-3)20-12-32)33-13-21-37(48-4)22-14-33/h5-28H,1-4H3. The first-order valence-corrected chi connectivity index (χ1v) is 16.4. The summed E-state index contributed by atoms with van der Waals surface area (Å²) in [5.74, 6) is 4.67. The molecule has 0 atom stereocenters. The highest BCUT2D eigenvalue weighted by Gasteiger charge is 2.40. The van der Waals surface area contributed by atoms with Crippen molar-refractivity contribution in [3.63, 3.8) is 0 Å². The fourth-order valence-electron chi connectivity index (χ4n) is 7.07. The molecule has 0 aliphatic carbocycles. The third kappa shape index (κ3) is 5.03. The van der Waals surface area contributed by atoms with Gasteiger partial charge in [0.1, 0.15) is 34.5 Å². The van der Waals surface area contributed by atoms with Gasteiger partial charge in [0.25, 0.3) is 0 Å². The lowest BCUT2D eigenvalue weighted by Gasteiger charge is -2.38. The Balaban J connectivity index is 1.27. The van der Waals surface area contributed by atoms with Crippen LogP contribution in [-0.2, 0) is 11.2 Å². The van der Waals surface area contributed by atoms with Crippen molar-refractivity contribution in [3.05, 3.63) is 167 Å². The van der Waals surface area contributed by atoms with Gasteiger partial charge in [-0.3, -0.25) is 0 Å². The van der Waals surface area contributed by atoms with Crippen molar-refractivity contribution >= 4 is 22.9 Å². The SMILES string of the molecule is COc1ccc(C2(c3ccc(OC)cc3)C=Cc3c(ccc4ccc5c(c34)C=CC(c3ccc(OC)cc3)(c3ccc(OC)cc3)O5)O2)cc1. The largest absolute Gasteiger partial charge is 0.497 e. The van der Waals surface area contributed by atoms with Crippen molar-refractivity contribution in [3.8, 4) is 34.5 Å². The van der Waals surface area contributed by atoms with E-state index in [0.717, 1.165) is 78.7 Å². The van der Waals surface area contributed by atoms with Crippen LogP contribution in [-0.4, -0.2) is 28.4 Å². The van der Waals surface area contributed by atoms with Crippen molar-refractivity contribution < 1.29 is 28.4 Å². The second kappa shape index (κ2) is 12.4. The molecule has 0 saturated heterocycles. The molecule has 8 rings (SSSR count). The summed E-state index contributed by atoms with van der Waals surface area (Å²) in [6.07, 6.45) is 8.64. The maximum Gasteiger partial charge on any atom is 0.178 e. The van der Waals surface area contributed by atoms with E-state index in [1.54, 1.807) is 28.4 Å². The van der Waals surface area contributed by atoms with Gasteiger partial charge in [0.15, 0.2) is 11.2 Å². The molecule has 6 heteroatoms. The molecule has 0 aromatic heterocycles. The molecule has 6 aromatic rings.